The molecule has 104 valence electrons. The molecule has 0 spiro atoms. The predicted molar refractivity (Wildman–Crippen MR) is 67.5 cm³/mol. The zero-order chi connectivity index (χ0) is 14.6. The lowest BCUT2D eigenvalue weighted by atomic mass is 10.0. The van der Waals surface area contributed by atoms with Gasteiger partial charge in [0.15, 0.2) is 5.71 Å². The molecule has 1 aromatic carbocycles. The van der Waals surface area contributed by atoms with E-state index >= 15 is 0 Å². The van der Waals surface area contributed by atoms with E-state index in [9.17, 15) is 13.6 Å². The molecular weight excluding hydrogens is 256 g/mol. The first-order chi connectivity index (χ1) is 8.78. The Labute approximate surface area is 109 Å². The highest BCUT2D eigenvalue weighted by atomic mass is 19.3. The third kappa shape index (κ3) is 3.49. The lowest BCUT2D eigenvalue weighted by molar-refractivity contribution is -0.131. The minimum Gasteiger partial charge on any atom is -0.497 e. The first-order valence-electron chi connectivity index (χ1n) is 5.63. The smallest absolute Gasteiger partial charge is 0.356 e. The van der Waals surface area contributed by atoms with Crippen LogP contribution in [0.1, 0.15) is 13.8 Å². The molecule has 0 aliphatic carbocycles. The molecule has 0 bridgehead atoms. The van der Waals surface area contributed by atoms with Gasteiger partial charge in [-0.1, -0.05) is 13.8 Å². The Morgan fingerprint density at radius 2 is 1.84 bits per heavy atom. The summed E-state index contributed by atoms with van der Waals surface area (Å²) in [7, 11) is 1.47. The summed E-state index contributed by atoms with van der Waals surface area (Å²) in [6.07, 6.45) is 0. The van der Waals surface area contributed by atoms with Gasteiger partial charge in [-0.05, 0) is 24.3 Å². The number of ether oxygens (including phenoxy) is 1. The minimum atomic E-state index is -3.49. The van der Waals surface area contributed by atoms with E-state index in [4.69, 9.17) is 9.84 Å². The van der Waals surface area contributed by atoms with Crippen molar-refractivity contribution in [3.8, 4) is 5.75 Å². The number of halogens is 2. The van der Waals surface area contributed by atoms with Crippen molar-refractivity contribution in [2.45, 2.75) is 19.8 Å². The molecule has 0 saturated carbocycles. The fraction of sp³-hybridized carbons (Fsp3) is 0.385. The number of hydrogen-bond acceptors (Lipinski definition) is 3. The largest absolute Gasteiger partial charge is 0.497 e. The molecule has 0 unspecified atom stereocenters. The summed E-state index contributed by atoms with van der Waals surface area (Å²) in [5.74, 6) is -5.84. The molecule has 0 aromatic heterocycles. The molecule has 0 aliphatic rings. The van der Waals surface area contributed by atoms with Crippen molar-refractivity contribution in [3.05, 3.63) is 24.3 Å². The van der Waals surface area contributed by atoms with Crippen LogP contribution < -0.4 is 4.74 Å². The van der Waals surface area contributed by atoms with E-state index in [1.807, 2.05) is 0 Å². The molecule has 0 saturated heterocycles. The number of alkyl halides is 2. The van der Waals surface area contributed by atoms with Crippen molar-refractivity contribution in [3.63, 3.8) is 0 Å². The Hall–Kier alpha value is -1.98. The van der Waals surface area contributed by atoms with Crippen molar-refractivity contribution in [1.29, 1.82) is 0 Å². The third-order valence-electron chi connectivity index (χ3n) is 2.56. The van der Waals surface area contributed by atoms with Gasteiger partial charge in [0.25, 0.3) is 5.92 Å². The summed E-state index contributed by atoms with van der Waals surface area (Å²) in [5.41, 5.74) is -1.02. The van der Waals surface area contributed by atoms with E-state index < -0.39 is 23.5 Å². The molecule has 19 heavy (non-hydrogen) atoms. The normalized spacial score (nSPS) is 12.6. The van der Waals surface area contributed by atoms with Gasteiger partial charge in [-0.25, -0.2) is 9.79 Å². The summed E-state index contributed by atoms with van der Waals surface area (Å²) in [6, 6.07) is 5.87. The average molecular weight is 271 g/mol. The van der Waals surface area contributed by atoms with Crippen molar-refractivity contribution >= 4 is 17.4 Å². The zero-order valence-electron chi connectivity index (χ0n) is 10.9. The molecule has 0 radical (unpaired) electrons. The molecule has 0 heterocycles. The Morgan fingerprint density at radius 3 is 2.21 bits per heavy atom. The Balaban J connectivity index is 3.18. The van der Waals surface area contributed by atoms with Gasteiger partial charge in [-0.2, -0.15) is 8.78 Å². The number of benzene rings is 1. The number of carboxylic acid groups (broad SMARTS) is 1. The number of hydrogen-bond donors (Lipinski definition) is 1. The van der Waals surface area contributed by atoms with Crippen molar-refractivity contribution in [1.82, 2.24) is 0 Å². The van der Waals surface area contributed by atoms with Gasteiger partial charge in [0.2, 0.25) is 0 Å². The summed E-state index contributed by atoms with van der Waals surface area (Å²) >= 11 is 0. The van der Waals surface area contributed by atoms with Crippen LogP contribution in [-0.4, -0.2) is 29.8 Å². The van der Waals surface area contributed by atoms with Crippen molar-refractivity contribution in [2.24, 2.45) is 10.9 Å². The Morgan fingerprint density at radius 1 is 1.32 bits per heavy atom. The highest BCUT2D eigenvalue weighted by Gasteiger charge is 2.43. The van der Waals surface area contributed by atoms with Gasteiger partial charge in [-0.3, -0.25) is 0 Å². The second kappa shape index (κ2) is 5.77. The first-order valence-corrected chi connectivity index (χ1v) is 5.63. The number of aliphatic imine (C=N–C) groups is 1. The molecule has 1 aromatic rings. The van der Waals surface area contributed by atoms with Gasteiger partial charge in [0, 0.05) is 5.92 Å². The highest BCUT2D eigenvalue weighted by Crippen LogP contribution is 2.28. The summed E-state index contributed by atoms with van der Waals surface area (Å²) in [5, 5.41) is 8.88. The SMILES string of the molecule is COc1ccc(N=C(C(=O)O)C(F)(F)C(C)C)cc1. The van der Waals surface area contributed by atoms with Gasteiger partial charge in [-0.15, -0.1) is 0 Å². The van der Waals surface area contributed by atoms with Gasteiger partial charge < -0.3 is 9.84 Å². The van der Waals surface area contributed by atoms with Crippen LogP contribution in [-0.2, 0) is 4.79 Å². The molecule has 4 nitrogen and oxygen atoms in total. The highest BCUT2D eigenvalue weighted by molar-refractivity contribution is 6.39. The van der Waals surface area contributed by atoms with Crippen LogP contribution in [0.5, 0.6) is 5.75 Å². The second-order valence-electron chi connectivity index (χ2n) is 4.24. The zero-order valence-corrected chi connectivity index (χ0v) is 10.9. The average Bonchev–Trinajstić information content (AvgIpc) is 2.35. The van der Waals surface area contributed by atoms with E-state index in [2.05, 4.69) is 4.99 Å². The summed E-state index contributed by atoms with van der Waals surface area (Å²) in [4.78, 5) is 14.5. The van der Waals surface area contributed by atoms with E-state index in [-0.39, 0.29) is 5.69 Å². The number of carbonyl (C=O) groups is 1. The topological polar surface area (TPSA) is 58.9 Å². The van der Waals surface area contributed by atoms with Crippen LogP contribution in [0, 0.1) is 5.92 Å². The molecule has 0 fully saturated rings. The van der Waals surface area contributed by atoms with Crippen LogP contribution in [0.4, 0.5) is 14.5 Å². The monoisotopic (exact) mass is 271 g/mol. The molecule has 1 N–H and O–H groups in total. The van der Waals surface area contributed by atoms with Crippen LogP contribution >= 0.6 is 0 Å². The standard InChI is InChI=1S/C13H15F2NO3/c1-8(2)13(14,15)11(12(17)18)16-9-4-6-10(19-3)7-5-9/h4-8H,1-3H3,(H,17,18). The maximum Gasteiger partial charge on any atom is 0.356 e. The fourth-order valence-electron chi connectivity index (χ4n) is 1.32. The van der Waals surface area contributed by atoms with Gasteiger partial charge in [0.1, 0.15) is 5.75 Å². The van der Waals surface area contributed by atoms with E-state index in [1.54, 1.807) is 0 Å². The lowest BCUT2D eigenvalue weighted by Gasteiger charge is -2.19. The van der Waals surface area contributed by atoms with Crippen LogP contribution in [0.25, 0.3) is 0 Å². The van der Waals surface area contributed by atoms with Crippen LogP contribution in [0.3, 0.4) is 0 Å². The number of aliphatic carboxylic acids is 1. The Kier molecular flexibility index (Phi) is 4.58. The molecular formula is C13H15F2NO3. The number of methoxy groups -OCH3 is 1. The Bertz CT molecular complexity index is 481. The third-order valence-corrected chi connectivity index (χ3v) is 2.56. The molecule has 0 atom stereocenters. The molecule has 6 heteroatoms. The molecule has 0 amide bonds. The first kappa shape index (κ1) is 15.1. The number of carboxylic acids is 1. The summed E-state index contributed by atoms with van der Waals surface area (Å²) in [6.45, 7) is 2.49. The van der Waals surface area contributed by atoms with Gasteiger partial charge in [0.05, 0.1) is 12.8 Å². The quantitative estimate of drug-likeness (QED) is 0.837. The summed E-state index contributed by atoms with van der Waals surface area (Å²) < 4.78 is 32.4. The maximum atomic E-state index is 13.8. The van der Waals surface area contributed by atoms with Crippen LogP contribution in [0.2, 0.25) is 0 Å². The van der Waals surface area contributed by atoms with E-state index in [0.29, 0.717) is 5.75 Å². The van der Waals surface area contributed by atoms with Gasteiger partial charge >= 0.3 is 5.97 Å². The van der Waals surface area contributed by atoms with E-state index in [1.165, 1.54) is 45.2 Å². The molecule has 0 aliphatic heterocycles. The van der Waals surface area contributed by atoms with E-state index in [0.717, 1.165) is 0 Å². The lowest BCUT2D eigenvalue weighted by Crippen LogP contribution is -2.39. The van der Waals surface area contributed by atoms with Crippen molar-refractivity contribution < 1.29 is 23.4 Å². The predicted octanol–water partition coefficient (Wildman–Crippen LogP) is 3.14. The minimum absolute atomic E-state index is 0.138. The maximum absolute atomic E-state index is 13.8. The fourth-order valence-corrected chi connectivity index (χ4v) is 1.32. The van der Waals surface area contributed by atoms with Crippen LogP contribution in [0.15, 0.2) is 29.3 Å². The molecule has 1 rings (SSSR count). The van der Waals surface area contributed by atoms with Crippen molar-refractivity contribution in [2.75, 3.05) is 7.11 Å². The number of rotatable bonds is 5. The second-order valence-corrected chi connectivity index (χ2v) is 4.24. The number of nitrogens with zero attached hydrogens (tertiary/aromatic N) is 1.